The van der Waals surface area contributed by atoms with Gasteiger partial charge >= 0.3 is 6.18 Å². The van der Waals surface area contributed by atoms with E-state index in [0.717, 1.165) is 17.7 Å². The lowest BCUT2D eigenvalue weighted by molar-refractivity contribution is -0.137. The third kappa shape index (κ3) is 2.90. The molecule has 0 radical (unpaired) electrons. The van der Waals surface area contributed by atoms with Crippen molar-refractivity contribution in [1.82, 2.24) is 9.55 Å². The van der Waals surface area contributed by atoms with E-state index in [1.54, 1.807) is 34.9 Å². The van der Waals surface area contributed by atoms with Crippen molar-refractivity contribution in [3.8, 4) is 0 Å². The molecule has 0 amide bonds. The van der Waals surface area contributed by atoms with Gasteiger partial charge in [-0.2, -0.15) is 13.2 Å². The van der Waals surface area contributed by atoms with E-state index in [9.17, 15) is 18.0 Å². The minimum atomic E-state index is -4.40. The van der Waals surface area contributed by atoms with Crippen LogP contribution >= 0.6 is 11.6 Å². The van der Waals surface area contributed by atoms with Gasteiger partial charge in [-0.25, -0.2) is 4.98 Å². The van der Waals surface area contributed by atoms with Crippen LogP contribution < -0.4 is 5.56 Å². The minimum Gasteiger partial charge on any atom is -0.292 e. The Morgan fingerprint density at radius 1 is 1.15 bits per heavy atom. The molecule has 0 aliphatic carbocycles. The average Bonchev–Trinajstić information content (AvgIpc) is 2.97. The van der Waals surface area contributed by atoms with E-state index >= 15 is 0 Å². The highest BCUT2D eigenvalue weighted by molar-refractivity contribution is 6.31. The normalized spacial score (nSPS) is 15.6. The number of hydrogen-bond acceptors (Lipinski definition) is 2. The number of halogens is 4. The number of nitrogens with zero attached hydrogens (tertiary/aromatic N) is 2. The summed E-state index contributed by atoms with van der Waals surface area (Å²) in [6.45, 7) is 0.449. The number of aromatic nitrogens is 2. The maximum atomic E-state index is 12.9. The molecular formula is C19H12ClF3N2O. The molecule has 26 heavy (non-hydrogen) atoms. The van der Waals surface area contributed by atoms with Crippen molar-refractivity contribution < 1.29 is 13.2 Å². The van der Waals surface area contributed by atoms with Crippen molar-refractivity contribution in [2.45, 2.75) is 19.1 Å². The first-order valence-corrected chi connectivity index (χ1v) is 8.29. The zero-order valence-corrected chi connectivity index (χ0v) is 14.1. The molecule has 0 saturated heterocycles. The van der Waals surface area contributed by atoms with E-state index in [0.29, 0.717) is 40.3 Å². The molecule has 1 aliphatic rings. The summed E-state index contributed by atoms with van der Waals surface area (Å²) in [7, 11) is 0. The fraction of sp³-hybridized carbons (Fsp3) is 0.158. The van der Waals surface area contributed by atoms with Crippen LogP contribution in [0.5, 0.6) is 0 Å². The average molecular weight is 377 g/mol. The van der Waals surface area contributed by atoms with Crippen molar-refractivity contribution in [2.75, 3.05) is 0 Å². The first-order chi connectivity index (χ1) is 12.3. The van der Waals surface area contributed by atoms with Gasteiger partial charge in [0.2, 0.25) is 0 Å². The Labute approximate surface area is 151 Å². The molecule has 2 aromatic carbocycles. The summed E-state index contributed by atoms with van der Waals surface area (Å²) < 4.78 is 40.2. The van der Waals surface area contributed by atoms with Gasteiger partial charge < -0.3 is 0 Å². The molecule has 0 spiro atoms. The lowest BCUT2D eigenvalue weighted by Gasteiger charge is -2.08. The summed E-state index contributed by atoms with van der Waals surface area (Å²) in [5, 5.41) is 0.939. The third-order valence-electron chi connectivity index (χ3n) is 4.36. The van der Waals surface area contributed by atoms with Crippen LogP contribution in [0.25, 0.3) is 22.6 Å². The molecule has 0 bridgehead atoms. The van der Waals surface area contributed by atoms with Crippen LogP contribution in [0.1, 0.15) is 23.4 Å². The molecular weight excluding hydrogens is 365 g/mol. The van der Waals surface area contributed by atoms with Crippen LogP contribution in [-0.4, -0.2) is 9.55 Å². The van der Waals surface area contributed by atoms with Crippen molar-refractivity contribution >= 4 is 34.2 Å². The zero-order valence-electron chi connectivity index (χ0n) is 13.3. The number of hydrogen-bond donors (Lipinski definition) is 0. The standard InChI is InChI=1S/C19H12ClF3N2O/c20-14-4-5-15-16(10-14)24-17-12(6-7-25(17)18(15)26)8-11-2-1-3-13(9-11)19(21,22)23/h1-5,8-10H,6-7H2/b12-8+. The Hall–Kier alpha value is -2.60. The largest absolute Gasteiger partial charge is 0.416 e. The molecule has 4 rings (SSSR count). The topological polar surface area (TPSA) is 34.9 Å². The molecule has 3 nitrogen and oxygen atoms in total. The number of alkyl halides is 3. The van der Waals surface area contributed by atoms with Crippen LogP contribution in [0.2, 0.25) is 5.02 Å². The fourth-order valence-electron chi connectivity index (χ4n) is 3.13. The molecule has 1 aliphatic heterocycles. The Balaban J connectivity index is 1.84. The van der Waals surface area contributed by atoms with E-state index in [1.165, 1.54) is 6.07 Å². The second-order valence-corrected chi connectivity index (χ2v) is 6.53. The van der Waals surface area contributed by atoms with Crippen LogP contribution in [0.4, 0.5) is 13.2 Å². The summed E-state index contributed by atoms with van der Waals surface area (Å²) >= 11 is 5.98. The van der Waals surface area contributed by atoms with Crippen molar-refractivity contribution in [3.63, 3.8) is 0 Å². The van der Waals surface area contributed by atoms with Gasteiger partial charge in [0, 0.05) is 11.6 Å². The highest BCUT2D eigenvalue weighted by Gasteiger charge is 2.30. The number of allylic oxidation sites excluding steroid dienone is 1. The van der Waals surface area contributed by atoms with E-state index in [2.05, 4.69) is 4.98 Å². The highest BCUT2D eigenvalue weighted by atomic mass is 35.5. The van der Waals surface area contributed by atoms with Gasteiger partial charge in [0.15, 0.2) is 0 Å². The molecule has 132 valence electrons. The molecule has 3 aromatic rings. The van der Waals surface area contributed by atoms with Gasteiger partial charge in [0.05, 0.1) is 16.5 Å². The van der Waals surface area contributed by atoms with Crippen molar-refractivity contribution in [1.29, 1.82) is 0 Å². The predicted octanol–water partition coefficient (Wildman–Crippen LogP) is 5.01. The quantitative estimate of drug-likeness (QED) is 0.598. The summed E-state index contributed by atoms with van der Waals surface area (Å²) in [6, 6.07) is 9.96. The third-order valence-corrected chi connectivity index (χ3v) is 4.60. The molecule has 0 N–H and O–H groups in total. The summed E-state index contributed by atoms with van der Waals surface area (Å²) in [5.74, 6) is 0.474. The van der Waals surface area contributed by atoms with Gasteiger partial charge in [-0.3, -0.25) is 9.36 Å². The molecule has 0 fully saturated rings. The number of rotatable bonds is 1. The van der Waals surface area contributed by atoms with Crippen LogP contribution in [0, 0.1) is 0 Å². The molecule has 0 saturated carbocycles. The molecule has 1 aromatic heterocycles. The first-order valence-electron chi connectivity index (χ1n) is 7.91. The minimum absolute atomic E-state index is 0.172. The van der Waals surface area contributed by atoms with Gasteiger partial charge in [0.1, 0.15) is 5.82 Å². The Bertz CT molecular complexity index is 1120. The van der Waals surface area contributed by atoms with E-state index in [4.69, 9.17) is 11.6 Å². The lowest BCUT2D eigenvalue weighted by Crippen LogP contribution is -2.20. The maximum absolute atomic E-state index is 12.9. The second-order valence-electron chi connectivity index (χ2n) is 6.10. The lowest BCUT2D eigenvalue weighted by atomic mass is 10.1. The zero-order chi connectivity index (χ0) is 18.5. The smallest absolute Gasteiger partial charge is 0.292 e. The molecule has 7 heteroatoms. The summed E-state index contributed by atoms with van der Waals surface area (Å²) in [6.07, 6.45) is -2.22. The fourth-order valence-corrected chi connectivity index (χ4v) is 3.30. The number of fused-ring (bicyclic) bond motifs is 2. The molecule has 0 unspecified atom stereocenters. The molecule has 0 atom stereocenters. The Morgan fingerprint density at radius 3 is 2.73 bits per heavy atom. The molecule has 2 heterocycles. The predicted molar refractivity (Wildman–Crippen MR) is 94.9 cm³/mol. The van der Waals surface area contributed by atoms with E-state index < -0.39 is 11.7 Å². The Morgan fingerprint density at radius 2 is 1.96 bits per heavy atom. The summed E-state index contributed by atoms with van der Waals surface area (Å²) in [4.78, 5) is 17.1. The highest BCUT2D eigenvalue weighted by Crippen LogP contribution is 2.32. The Kier molecular flexibility index (Phi) is 3.88. The second kappa shape index (κ2) is 5.99. The van der Waals surface area contributed by atoms with Crippen LogP contribution in [0.3, 0.4) is 0 Å². The van der Waals surface area contributed by atoms with Crippen molar-refractivity contribution in [3.05, 3.63) is 74.8 Å². The first kappa shape index (κ1) is 16.8. The van der Waals surface area contributed by atoms with Crippen LogP contribution in [0.15, 0.2) is 47.3 Å². The van der Waals surface area contributed by atoms with Gasteiger partial charge in [-0.05, 0) is 54.0 Å². The van der Waals surface area contributed by atoms with E-state index in [1.807, 2.05) is 0 Å². The van der Waals surface area contributed by atoms with Crippen LogP contribution in [-0.2, 0) is 12.7 Å². The monoisotopic (exact) mass is 376 g/mol. The van der Waals surface area contributed by atoms with Gasteiger partial charge in [0.25, 0.3) is 5.56 Å². The number of benzene rings is 2. The SMILES string of the molecule is O=c1c2ccc(Cl)cc2nc2n1CC/C2=C\c1cccc(C(F)(F)F)c1. The summed E-state index contributed by atoms with van der Waals surface area (Å²) in [5.41, 5.74) is 0.743. The van der Waals surface area contributed by atoms with Gasteiger partial charge in [-0.1, -0.05) is 23.7 Å². The maximum Gasteiger partial charge on any atom is 0.416 e. The van der Waals surface area contributed by atoms with E-state index in [-0.39, 0.29) is 5.56 Å². The van der Waals surface area contributed by atoms with Crippen molar-refractivity contribution in [2.24, 2.45) is 0 Å². The van der Waals surface area contributed by atoms with Gasteiger partial charge in [-0.15, -0.1) is 0 Å².